The third kappa shape index (κ3) is 3.77. The van der Waals surface area contributed by atoms with E-state index in [1.807, 2.05) is 37.3 Å². The van der Waals surface area contributed by atoms with Crippen molar-refractivity contribution in [2.75, 3.05) is 13.7 Å². The second kappa shape index (κ2) is 6.99. The Morgan fingerprint density at radius 3 is 2.80 bits per heavy atom. The third-order valence-corrected chi connectivity index (χ3v) is 3.62. The van der Waals surface area contributed by atoms with E-state index in [4.69, 9.17) is 14.6 Å². The Morgan fingerprint density at radius 2 is 2.05 bits per heavy atom. The molecule has 3 nitrogen and oxygen atoms in total. The van der Waals surface area contributed by atoms with Gasteiger partial charge in [-0.2, -0.15) is 0 Å². The largest absolute Gasteiger partial charge is 0.493 e. The molecule has 0 saturated heterocycles. The molecule has 4 heteroatoms. The van der Waals surface area contributed by atoms with Crippen LogP contribution in [0, 0.1) is 18.8 Å². The Kier molecular flexibility index (Phi) is 5.05. The molecule has 2 rings (SSSR count). The molecule has 0 atom stereocenters. The lowest BCUT2D eigenvalue weighted by Crippen LogP contribution is -1.96. The monoisotopic (exact) mass is 288 g/mol. The zero-order valence-corrected chi connectivity index (χ0v) is 12.3. The second-order valence-electron chi connectivity index (χ2n) is 4.17. The van der Waals surface area contributed by atoms with Crippen LogP contribution >= 0.6 is 11.3 Å². The molecule has 1 aromatic carbocycles. The van der Waals surface area contributed by atoms with Gasteiger partial charge in [0.2, 0.25) is 0 Å². The van der Waals surface area contributed by atoms with E-state index in [9.17, 15) is 0 Å². The number of aliphatic hydroxyl groups excluding tert-OH is 1. The molecule has 0 aliphatic rings. The summed E-state index contributed by atoms with van der Waals surface area (Å²) in [6, 6.07) is 9.76. The van der Waals surface area contributed by atoms with Crippen molar-refractivity contribution >= 4 is 11.3 Å². The van der Waals surface area contributed by atoms with E-state index in [0.717, 1.165) is 26.8 Å². The molecule has 0 bridgehead atoms. The topological polar surface area (TPSA) is 38.7 Å². The fourth-order valence-electron chi connectivity index (χ4n) is 1.69. The van der Waals surface area contributed by atoms with Gasteiger partial charge < -0.3 is 14.6 Å². The van der Waals surface area contributed by atoms with Crippen LogP contribution in [0.3, 0.4) is 0 Å². The van der Waals surface area contributed by atoms with Crippen LogP contribution in [0.15, 0.2) is 30.3 Å². The number of benzene rings is 1. The number of hydrogen-bond donors (Lipinski definition) is 1. The Labute approximate surface area is 122 Å². The van der Waals surface area contributed by atoms with Crippen molar-refractivity contribution in [2.45, 2.75) is 13.5 Å². The van der Waals surface area contributed by atoms with Crippen LogP contribution < -0.4 is 9.47 Å². The number of hydrogen-bond acceptors (Lipinski definition) is 4. The van der Waals surface area contributed by atoms with Gasteiger partial charge in [-0.15, -0.1) is 11.3 Å². The van der Waals surface area contributed by atoms with Gasteiger partial charge in [0.15, 0.2) is 11.5 Å². The normalized spacial score (nSPS) is 9.75. The van der Waals surface area contributed by atoms with Gasteiger partial charge in [0.1, 0.15) is 13.2 Å². The predicted octanol–water partition coefficient (Wildman–Crippen LogP) is 2.99. The van der Waals surface area contributed by atoms with Crippen molar-refractivity contribution in [1.82, 2.24) is 0 Å². The van der Waals surface area contributed by atoms with Crippen molar-refractivity contribution in [3.63, 3.8) is 0 Å². The maximum absolute atomic E-state index is 8.66. The Balaban J connectivity index is 2.03. The minimum atomic E-state index is -0.121. The van der Waals surface area contributed by atoms with E-state index in [1.165, 1.54) is 0 Å². The molecule has 0 saturated carbocycles. The number of aryl methyl sites for hydroxylation is 1. The highest BCUT2D eigenvalue weighted by molar-refractivity contribution is 7.12. The summed E-state index contributed by atoms with van der Waals surface area (Å²) in [5, 5.41) is 8.66. The Hall–Kier alpha value is -1.96. The summed E-state index contributed by atoms with van der Waals surface area (Å²) in [5.74, 6) is 6.98. The third-order valence-electron chi connectivity index (χ3n) is 2.64. The lowest BCUT2D eigenvalue weighted by Gasteiger charge is -2.10. The Morgan fingerprint density at radius 1 is 1.20 bits per heavy atom. The molecule has 104 valence electrons. The zero-order chi connectivity index (χ0) is 14.4. The lowest BCUT2D eigenvalue weighted by molar-refractivity contribution is 0.287. The van der Waals surface area contributed by atoms with Gasteiger partial charge in [-0.25, -0.2) is 0 Å². The minimum Gasteiger partial charge on any atom is -0.493 e. The van der Waals surface area contributed by atoms with Crippen molar-refractivity contribution in [2.24, 2.45) is 0 Å². The molecule has 20 heavy (non-hydrogen) atoms. The number of rotatable bonds is 4. The average molecular weight is 288 g/mol. The molecule has 2 aromatic rings. The summed E-state index contributed by atoms with van der Waals surface area (Å²) in [7, 11) is 1.63. The summed E-state index contributed by atoms with van der Waals surface area (Å²) in [4.78, 5) is 2.00. The van der Waals surface area contributed by atoms with E-state index in [2.05, 4.69) is 11.8 Å². The first-order valence-corrected chi connectivity index (χ1v) is 7.00. The number of aliphatic hydroxyl groups is 1. The molecule has 1 N–H and O–H groups in total. The van der Waals surface area contributed by atoms with Crippen molar-refractivity contribution < 1.29 is 14.6 Å². The summed E-state index contributed by atoms with van der Waals surface area (Å²) in [5.41, 5.74) is 1.13. The predicted molar refractivity (Wildman–Crippen MR) is 80.3 cm³/mol. The first-order valence-electron chi connectivity index (χ1n) is 6.19. The maximum atomic E-state index is 8.66. The smallest absolute Gasteiger partial charge is 0.161 e. The van der Waals surface area contributed by atoms with Crippen LogP contribution in [0.5, 0.6) is 11.5 Å². The molecule has 0 unspecified atom stereocenters. The fraction of sp³-hybridized carbons (Fsp3) is 0.250. The van der Waals surface area contributed by atoms with Crippen LogP contribution in [0.1, 0.15) is 15.3 Å². The van der Waals surface area contributed by atoms with Gasteiger partial charge in [-0.1, -0.05) is 17.9 Å². The van der Waals surface area contributed by atoms with Crippen LogP contribution in [-0.4, -0.2) is 18.8 Å². The van der Waals surface area contributed by atoms with E-state index >= 15 is 0 Å². The molecule has 0 aliphatic heterocycles. The van der Waals surface area contributed by atoms with E-state index < -0.39 is 0 Å². The first-order chi connectivity index (χ1) is 9.72. The zero-order valence-electron chi connectivity index (χ0n) is 11.5. The summed E-state index contributed by atoms with van der Waals surface area (Å²) in [6.45, 7) is 2.37. The van der Waals surface area contributed by atoms with Crippen molar-refractivity contribution in [1.29, 1.82) is 0 Å². The lowest BCUT2D eigenvalue weighted by atomic mass is 10.2. The summed E-state index contributed by atoms with van der Waals surface area (Å²) < 4.78 is 11.1. The minimum absolute atomic E-state index is 0.121. The molecule has 0 amide bonds. The molecule has 0 fully saturated rings. The average Bonchev–Trinajstić information content (AvgIpc) is 2.91. The van der Waals surface area contributed by atoms with Gasteiger partial charge in [-0.3, -0.25) is 0 Å². The molecule has 0 spiro atoms. The molecule has 1 aromatic heterocycles. The van der Waals surface area contributed by atoms with Crippen LogP contribution in [-0.2, 0) is 6.61 Å². The molecular formula is C16H16O3S. The quantitative estimate of drug-likeness (QED) is 0.879. The first kappa shape index (κ1) is 14.4. The number of ether oxygens (including phenoxy) is 2. The molecule has 0 aliphatic carbocycles. The number of methoxy groups -OCH3 is 1. The van der Waals surface area contributed by atoms with Crippen molar-refractivity contribution in [3.05, 3.63) is 45.6 Å². The summed E-state index contributed by atoms with van der Waals surface area (Å²) in [6.07, 6.45) is 0. The van der Waals surface area contributed by atoms with E-state index in [-0.39, 0.29) is 6.61 Å². The van der Waals surface area contributed by atoms with Gasteiger partial charge in [0.05, 0.1) is 12.0 Å². The van der Waals surface area contributed by atoms with Gasteiger partial charge in [0, 0.05) is 4.88 Å². The van der Waals surface area contributed by atoms with Crippen LogP contribution in [0.4, 0.5) is 0 Å². The van der Waals surface area contributed by atoms with Crippen LogP contribution in [0.2, 0.25) is 0 Å². The fourth-order valence-corrected chi connectivity index (χ4v) is 2.49. The standard InChI is InChI=1S/C16H16O3S/c1-12-5-8-15(16(10-12)18-2)19-11-14-7-6-13(20-14)4-3-9-17/h5-8,10,17H,9,11H2,1-2H3. The van der Waals surface area contributed by atoms with Gasteiger partial charge >= 0.3 is 0 Å². The van der Waals surface area contributed by atoms with Gasteiger partial charge in [0.25, 0.3) is 0 Å². The van der Waals surface area contributed by atoms with E-state index in [0.29, 0.717) is 6.61 Å². The highest BCUT2D eigenvalue weighted by atomic mass is 32.1. The van der Waals surface area contributed by atoms with Gasteiger partial charge in [-0.05, 0) is 36.8 Å². The summed E-state index contributed by atoms with van der Waals surface area (Å²) >= 11 is 1.56. The SMILES string of the molecule is COc1cc(C)ccc1OCc1ccc(C#CCO)s1. The molecule has 1 heterocycles. The maximum Gasteiger partial charge on any atom is 0.161 e. The Bertz CT molecular complexity index is 635. The van der Waals surface area contributed by atoms with E-state index in [1.54, 1.807) is 18.4 Å². The van der Waals surface area contributed by atoms with Crippen LogP contribution in [0.25, 0.3) is 0 Å². The highest BCUT2D eigenvalue weighted by Crippen LogP contribution is 2.29. The van der Waals surface area contributed by atoms with Crippen molar-refractivity contribution in [3.8, 4) is 23.3 Å². The number of thiophene rings is 1. The highest BCUT2D eigenvalue weighted by Gasteiger charge is 2.05. The molecular weight excluding hydrogens is 272 g/mol. The second-order valence-corrected chi connectivity index (χ2v) is 5.34. The molecule has 0 radical (unpaired) electrons.